The fraction of sp³-hybridized carbons (Fsp3) is 0.300. The van der Waals surface area contributed by atoms with E-state index in [1.54, 1.807) is 0 Å². The molecule has 5 nitrogen and oxygen atoms in total. The van der Waals surface area contributed by atoms with Crippen LogP contribution in [0.4, 0.5) is 13.6 Å². The van der Waals surface area contributed by atoms with Crippen LogP contribution in [-0.4, -0.2) is 47.9 Å². The Balaban J connectivity index is 1.84. The van der Waals surface area contributed by atoms with Crippen molar-refractivity contribution >= 4 is 11.9 Å². The third kappa shape index (κ3) is 2.78. The number of nitrogens with one attached hydrogen (secondary N) is 1. The molecule has 0 saturated carbocycles. The van der Waals surface area contributed by atoms with E-state index in [4.69, 9.17) is 0 Å². The van der Waals surface area contributed by atoms with Crippen molar-refractivity contribution in [3.63, 3.8) is 0 Å². The van der Waals surface area contributed by atoms with E-state index in [0.717, 1.165) is 6.54 Å². The van der Waals surface area contributed by atoms with Crippen LogP contribution in [0.1, 0.15) is 17.5 Å². The smallest absolute Gasteiger partial charge is 0.315 e. The van der Waals surface area contributed by atoms with Gasteiger partial charge < -0.3 is 10.2 Å². The fourth-order valence-corrected chi connectivity index (χ4v) is 3.96. The zero-order valence-corrected chi connectivity index (χ0v) is 14.8. The highest BCUT2D eigenvalue weighted by atomic mass is 19.1. The number of rotatable bonds is 3. The van der Waals surface area contributed by atoms with Gasteiger partial charge in [0.2, 0.25) is 0 Å². The Labute approximate surface area is 155 Å². The van der Waals surface area contributed by atoms with Gasteiger partial charge in [0.1, 0.15) is 11.6 Å². The molecule has 140 valence electrons. The minimum atomic E-state index is -1.50. The SMILES string of the molecule is CN1CC[C@@H](N2C(=O)NC(c3ccc(F)cc3)(c3ccc(F)cc3)C2=O)C1. The number of likely N-dealkylation sites (tertiary alicyclic amines) is 1. The molecule has 0 bridgehead atoms. The van der Waals surface area contributed by atoms with Crippen molar-refractivity contribution in [3.8, 4) is 0 Å². The first-order chi connectivity index (χ1) is 12.9. The zero-order chi connectivity index (χ0) is 19.2. The summed E-state index contributed by atoms with van der Waals surface area (Å²) in [7, 11) is 1.94. The Bertz CT molecular complexity index is 838. The standard InChI is InChI=1S/C20H19F2N3O2/c1-24-11-10-17(12-24)25-18(26)20(23-19(25)27,13-2-6-15(21)7-3-13)14-4-8-16(22)9-5-14/h2-9,17H,10-12H2,1H3,(H,23,27)/t17-/m1/s1. The van der Waals surface area contributed by atoms with Crippen molar-refractivity contribution in [2.75, 3.05) is 20.1 Å². The molecule has 2 aliphatic heterocycles. The summed E-state index contributed by atoms with van der Waals surface area (Å²) in [4.78, 5) is 29.7. The summed E-state index contributed by atoms with van der Waals surface area (Å²) in [6.45, 7) is 1.39. The first-order valence-corrected chi connectivity index (χ1v) is 8.78. The first kappa shape index (κ1) is 17.6. The number of likely N-dealkylation sites (N-methyl/N-ethyl adjacent to an activating group) is 1. The average Bonchev–Trinajstić information content (AvgIpc) is 3.17. The number of halogens is 2. The van der Waals surface area contributed by atoms with E-state index in [-0.39, 0.29) is 6.04 Å². The zero-order valence-electron chi connectivity index (χ0n) is 14.8. The van der Waals surface area contributed by atoms with Gasteiger partial charge in [-0.05, 0) is 55.4 Å². The number of urea groups is 1. The molecule has 0 radical (unpaired) electrons. The molecule has 2 fully saturated rings. The number of carbonyl (C=O) groups is 2. The third-order valence-electron chi connectivity index (χ3n) is 5.34. The molecule has 2 aromatic carbocycles. The molecular formula is C20H19F2N3O2. The summed E-state index contributed by atoms with van der Waals surface area (Å²) in [6, 6.07) is 10.1. The number of imide groups is 1. The highest BCUT2D eigenvalue weighted by molar-refractivity contribution is 6.10. The van der Waals surface area contributed by atoms with Crippen molar-refractivity contribution < 1.29 is 18.4 Å². The summed E-state index contributed by atoms with van der Waals surface area (Å²) in [5, 5.41) is 2.80. The van der Waals surface area contributed by atoms with Gasteiger partial charge in [-0.3, -0.25) is 9.69 Å². The second-order valence-electron chi connectivity index (χ2n) is 7.07. The summed E-state index contributed by atoms with van der Waals surface area (Å²) < 4.78 is 26.9. The molecule has 2 aromatic rings. The number of benzene rings is 2. The largest absolute Gasteiger partial charge is 0.325 e. The van der Waals surface area contributed by atoms with Gasteiger partial charge in [0.05, 0.1) is 6.04 Å². The van der Waals surface area contributed by atoms with Crippen molar-refractivity contribution in [2.24, 2.45) is 0 Å². The Morgan fingerprint density at radius 3 is 1.93 bits per heavy atom. The van der Waals surface area contributed by atoms with E-state index >= 15 is 0 Å². The molecule has 3 amide bonds. The summed E-state index contributed by atoms with van der Waals surface area (Å²) in [5.74, 6) is -1.32. The lowest BCUT2D eigenvalue weighted by Crippen LogP contribution is -2.46. The second kappa shape index (κ2) is 6.42. The molecule has 0 unspecified atom stereocenters. The van der Waals surface area contributed by atoms with Crippen molar-refractivity contribution in [3.05, 3.63) is 71.3 Å². The van der Waals surface area contributed by atoms with E-state index in [2.05, 4.69) is 10.2 Å². The van der Waals surface area contributed by atoms with Crippen LogP contribution in [0.5, 0.6) is 0 Å². The van der Waals surface area contributed by atoms with E-state index in [0.29, 0.717) is 24.1 Å². The van der Waals surface area contributed by atoms with Gasteiger partial charge in [-0.25, -0.2) is 13.6 Å². The summed E-state index contributed by atoms with van der Waals surface area (Å²) in [5.41, 5.74) is -0.634. The maximum absolute atomic E-state index is 13.5. The molecule has 2 aliphatic rings. The molecule has 1 N–H and O–H groups in total. The normalized spacial score (nSPS) is 22.3. The molecule has 1 atom stereocenters. The number of hydrogen-bond donors (Lipinski definition) is 1. The molecule has 0 aliphatic carbocycles. The predicted molar refractivity (Wildman–Crippen MR) is 94.9 cm³/mol. The van der Waals surface area contributed by atoms with E-state index in [1.165, 1.54) is 53.4 Å². The van der Waals surface area contributed by atoms with Crippen molar-refractivity contribution in [1.82, 2.24) is 15.1 Å². The van der Waals surface area contributed by atoms with Gasteiger partial charge in [0.25, 0.3) is 5.91 Å². The van der Waals surface area contributed by atoms with Crippen LogP contribution in [0.2, 0.25) is 0 Å². The van der Waals surface area contributed by atoms with Crippen LogP contribution in [0.25, 0.3) is 0 Å². The minimum absolute atomic E-state index is 0.231. The predicted octanol–water partition coefficient (Wildman–Crippen LogP) is 2.46. The topological polar surface area (TPSA) is 52.6 Å². The van der Waals surface area contributed by atoms with Gasteiger partial charge >= 0.3 is 6.03 Å². The number of carbonyl (C=O) groups excluding carboxylic acids is 2. The minimum Gasteiger partial charge on any atom is -0.315 e. The van der Waals surface area contributed by atoms with Crippen LogP contribution >= 0.6 is 0 Å². The van der Waals surface area contributed by atoms with Crippen LogP contribution in [0, 0.1) is 11.6 Å². The molecule has 0 aromatic heterocycles. The Morgan fingerprint density at radius 1 is 0.963 bits per heavy atom. The maximum Gasteiger partial charge on any atom is 0.325 e. The lowest BCUT2D eigenvalue weighted by molar-refractivity contribution is -0.131. The third-order valence-corrected chi connectivity index (χ3v) is 5.34. The molecule has 7 heteroatoms. The average molecular weight is 371 g/mol. The van der Waals surface area contributed by atoms with Gasteiger partial charge in [0.15, 0.2) is 5.54 Å². The summed E-state index contributed by atoms with van der Waals surface area (Å²) >= 11 is 0. The van der Waals surface area contributed by atoms with Crippen molar-refractivity contribution in [2.45, 2.75) is 18.0 Å². The van der Waals surface area contributed by atoms with Crippen LogP contribution in [0.3, 0.4) is 0 Å². The number of hydrogen-bond acceptors (Lipinski definition) is 3. The van der Waals surface area contributed by atoms with Crippen LogP contribution in [-0.2, 0) is 10.3 Å². The van der Waals surface area contributed by atoms with Gasteiger partial charge in [-0.2, -0.15) is 0 Å². The van der Waals surface area contributed by atoms with E-state index in [1.807, 2.05) is 7.05 Å². The fourth-order valence-electron chi connectivity index (χ4n) is 3.96. The molecule has 4 rings (SSSR count). The van der Waals surface area contributed by atoms with E-state index in [9.17, 15) is 18.4 Å². The highest BCUT2D eigenvalue weighted by Crippen LogP contribution is 2.38. The number of nitrogens with zero attached hydrogens (tertiary/aromatic N) is 2. The first-order valence-electron chi connectivity index (χ1n) is 8.78. The van der Waals surface area contributed by atoms with E-state index < -0.39 is 29.1 Å². The monoisotopic (exact) mass is 371 g/mol. The maximum atomic E-state index is 13.5. The quantitative estimate of drug-likeness (QED) is 0.844. The van der Waals surface area contributed by atoms with Gasteiger partial charge in [0, 0.05) is 6.54 Å². The molecule has 27 heavy (non-hydrogen) atoms. The summed E-state index contributed by atoms with van der Waals surface area (Å²) in [6.07, 6.45) is 0.693. The van der Waals surface area contributed by atoms with Crippen LogP contribution in [0.15, 0.2) is 48.5 Å². The second-order valence-corrected chi connectivity index (χ2v) is 7.07. The molecule has 0 spiro atoms. The van der Waals surface area contributed by atoms with Crippen molar-refractivity contribution in [1.29, 1.82) is 0 Å². The molecular weight excluding hydrogens is 352 g/mol. The molecule has 2 heterocycles. The Morgan fingerprint density at radius 2 is 1.48 bits per heavy atom. The Kier molecular flexibility index (Phi) is 4.19. The number of amides is 3. The van der Waals surface area contributed by atoms with Gasteiger partial charge in [-0.1, -0.05) is 24.3 Å². The van der Waals surface area contributed by atoms with Crippen LogP contribution < -0.4 is 5.32 Å². The van der Waals surface area contributed by atoms with Gasteiger partial charge in [-0.15, -0.1) is 0 Å². The lowest BCUT2D eigenvalue weighted by Gasteiger charge is -2.29. The highest BCUT2D eigenvalue weighted by Gasteiger charge is 2.56. The Hall–Kier alpha value is -2.80. The molecule has 2 saturated heterocycles. The lowest BCUT2D eigenvalue weighted by atomic mass is 9.82.